The molecule has 1 N–H and O–H groups in total. The molecule has 0 fully saturated rings. The van der Waals surface area contributed by atoms with Gasteiger partial charge in [-0.3, -0.25) is 9.10 Å². The topological polar surface area (TPSA) is 84.9 Å². The maximum absolute atomic E-state index is 13.6. The molecule has 0 aromatic heterocycles. The lowest BCUT2D eigenvalue weighted by molar-refractivity contribution is -0.127. The number of methoxy groups -OCH3 is 1. The summed E-state index contributed by atoms with van der Waals surface area (Å²) in [6.45, 7) is 6.62. The van der Waals surface area contributed by atoms with Gasteiger partial charge in [-0.2, -0.15) is 0 Å². The number of hydrogen-bond acceptors (Lipinski definition) is 5. The van der Waals surface area contributed by atoms with E-state index in [1.165, 1.54) is 23.5 Å². The second kappa shape index (κ2) is 10.9. The summed E-state index contributed by atoms with van der Waals surface area (Å²) in [5, 5.41) is 2.98. The number of hydrogen-bond donors (Lipinski definition) is 1. The zero-order valence-corrected chi connectivity index (χ0v) is 20.7. The highest BCUT2D eigenvalue weighted by molar-refractivity contribution is 7.92. The molecule has 0 saturated carbocycles. The number of aryl methyl sites for hydroxylation is 1. The van der Waals surface area contributed by atoms with E-state index in [4.69, 9.17) is 9.47 Å². The molecule has 180 valence electrons. The monoisotopic (exact) mass is 474 g/mol. The first kappa shape index (κ1) is 24.9. The van der Waals surface area contributed by atoms with E-state index in [0.29, 0.717) is 29.6 Å². The third-order valence-corrected chi connectivity index (χ3v) is 7.83. The number of ether oxygens (including phenoxy) is 2. The molecule has 1 amide bonds. The van der Waals surface area contributed by atoms with Crippen LogP contribution in [0.25, 0.3) is 0 Å². The maximum atomic E-state index is 13.6. The van der Waals surface area contributed by atoms with Crippen molar-refractivity contribution in [2.45, 2.75) is 57.5 Å². The molecule has 2 aromatic carbocycles. The average molecular weight is 475 g/mol. The molecule has 1 aliphatic heterocycles. The summed E-state index contributed by atoms with van der Waals surface area (Å²) in [7, 11) is -2.39. The highest BCUT2D eigenvalue weighted by Gasteiger charge is 2.37. The average Bonchev–Trinajstić information content (AvgIpc) is 2.83. The van der Waals surface area contributed by atoms with Crippen molar-refractivity contribution in [3.63, 3.8) is 0 Å². The standard InChI is InChI=1S/C25H34N2O5S/c1-5-7-8-19(6-2)16-26-25(28)24-17-27(22-15-18(3)9-14-23(22)32-24)33(29,30)21-12-10-20(31-4)11-13-21/h9-15,19,24H,5-8,16-17H2,1-4H3,(H,26,28)/t19-,24-/m0/s1. The van der Waals surface area contributed by atoms with Gasteiger partial charge >= 0.3 is 0 Å². The molecule has 2 atom stereocenters. The minimum absolute atomic E-state index is 0.0948. The molecule has 2 aromatic rings. The van der Waals surface area contributed by atoms with Gasteiger partial charge in [0.1, 0.15) is 11.5 Å². The molecule has 0 aliphatic carbocycles. The largest absolute Gasteiger partial charge is 0.497 e. The van der Waals surface area contributed by atoms with E-state index in [2.05, 4.69) is 19.2 Å². The number of benzene rings is 2. The molecule has 1 aliphatic rings. The lowest BCUT2D eigenvalue weighted by Crippen LogP contribution is -2.51. The molecule has 0 spiro atoms. The Labute approximate surface area is 197 Å². The van der Waals surface area contributed by atoms with Gasteiger partial charge in [0.15, 0.2) is 6.10 Å². The number of unbranched alkanes of at least 4 members (excludes halogenated alkanes) is 1. The molecule has 0 radical (unpaired) electrons. The Morgan fingerprint density at radius 3 is 2.58 bits per heavy atom. The van der Waals surface area contributed by atoms with Crippen LogP contribution in [0, 0.1) is 12.8 Å². The number of sulfonamides is 1. The van der Waals surface area contributed by atoms with Crippen LogP contribution in [-0.4, -0.2) is 40.6 Å². The van der Waals surface area contributed by atoms with Gasteiger partial charge in [0.2, 0.25) is 0 Å². The quantitative estimate of drug-likeness (QED) is 0.555. The van der Waals surface area contributed by atoms with Gasteiger partial charge in [0.25, 0.3) is 15.9 Å². The fraction of sp³-hybridized carbons (Fsp3) is 0.480. The van der Waals surface area contributed by atoms with Crippen LogP contribution in [0.2, 0.25) is 0 Å². The van der Waals surface area contributed by atoms with Crippen LogP contribution in [-0.2, 0) is 14.8 Å². The predicted molar refractivity (Wildman–Crippen MR) is 129 cm³/mol. The van der Waals surface area contributed by atoms with Gasteiger partial charge < -0.3 is 14.8 Å². The summed E-state index contributed by atoms with van der Waals surface area (Å²) < 4.78 is 39.5. The van der Waals surface area contributed by atoms with Gasteiger partial charge in [-0.15, -0.1) is 0 Å². The number of nitrogens with zero attached hydrogens (tertiary/aromatic N) is 1. The van der Waals surface area contributed by atoms with E-state index in [1.54, 1.807) is 24.3 Å². The van der Waals surface area contributed by atoms with Crippen LogP contribution >= 0.6 is 0 Å². The summed E-state index contributed by atoms with van der Waals surface area (Å²) >= 11 is 0. The van der Waals surface area contributed by atoms with Crippen molar-refractivity contribution in [1.82, 2.24) is 5.32 Å². The van der Waals surface area contributed by atoms with Crippen molar-refractivity contribution < 1.29 is 22.7 Å². The summed E-state index contributed by atoms with van der Waals surface area (Å²) in [5.74, 6) is 1.04. The maximum Gasteiger partial charge on any atom is 0.264 e. The Balaban J connectivity index is 1.85. The highest BCUT2D eigenvalue weighted by Crippen LogP contribution is 2.38. The highest BCUT2D eigenvalue weighted by atomic mass is 32.2. The number of nitrogens with one attached hydrogen (secondary N) is 1. The van der Waals surface area contributed by atoms with Gasteiger partial charge in [0.05, 0.1) is 24.2 Å². The second-order valence-electron chi connectivity index (χ2n) is 8.45. The van der Waals surface area contributed by atoms with Gasteiger partial charge in [0, 0.05) is 6.54 Å². The number of amides is 1. The molecule has 1 heterocycles. The molecule has 0 unspecified atom stereocenters. The fourth-order valence-corrected chi connectivity index (χ4v) is 5.37. The van der Waals surface area contributed by atoms with Gasteiger partial charge in [-0.25, -0.2) is 8.42 Å². The zero-order chi connectivity index (χ0) is 24.0. The summed E-state index contributed by atoms with van der Waals surface area (Å²) in [5.41, 5.74) is 1.33. The van der Waals surface area contributed by atoms with Crippen LogP contribution < -0.4 is 19.1 Å². The van der Waals surface area contributed by atoms with Crippen molar-refractivity contribution >= 4 is 21.6 Å². The summed E-state index contributed by atoms with van der Waals surface area (Å²) in [4.78, 5) is 13.1. The molecular formula is C25H34N2O5S. The fourth-order valence-electron chi connectivity index (χ4n) is 3.90. The van der Waals surface area contributed by atoms with Crippen molar-refractivity contribution in [3.05, 3.63) is 48.0 Å². The molecule has 8 heteroatoms. The van der Waals surface area contributed by atoms with Crippen LogP contribution in [0.3, 0.4) is 0 Å². The van der Waals surface area contributed by atoms with Gasteiger partial charge in [-0.1, -0.05) is 39.2 Å². The Bertz CT molecular complexity index is 1050. The molecule has 0 bridgehead atoms. The summed E-state index contributed by atoms with van der Waals surface area (Å²) in [6.07, 6.45) is 3.33. The zero-order valence-electron chi connectivity index (χ0n) is 19.8. The van der Waals surface area contributed by atoms with Crippen LogP contribution in [0.1, 0.15) is 45.1 Å². The van der Waals surface area contributed by atoms with Crippen molar-refractivity contribution in [2.75, 3.05) is 24.5 Å². The molecule has 3 rings (SSSR count). The predicted octanol–water partition coefficient (Wildman–Crippen LogP) is 4.29. The SMILES string of the molecule is CCCC[C@H](CC)CNC(=O)[C@@H]1CN(S(=O)(=O)c2ccc(OC)cc2)c2cc(C)ccc2O1. The molecule has 33 heavy (non-hydrogen) atoms. The lowest BCUT2D eigenvalue weighted by Gasteiger charge is -2.35. The van der Waals surface area contributed by atoms with Crippen LogP contribution in [0.5, 0.6) is 11.5 Å². The van der Waals surface area contributed by atoms with E-state index < -0.39 is 16.1 Å². The number of carbonyl (C=O) groups is 1. The van der Waals surface area contributed by atoms with E-state index >= 15 is 0 Å². The third kappa shape index (κ3) is 5.79. The van der Waals surface area contributed by atoms with Crippen molar-refractivity contribution in [1.29, 1.82) is 0 Å². The first-order valence-corrected chi connectivity index (χ1v) is 13.0. The normalized spacial score (nSPS) is 16.5. The Morgan fingerprint density at radius 1 is 1.21 bits per heavy atom. The number of carbonyl (C=O) groups excluding carboxylic acids is 1. The minimum atomic E-state index is -3.91. The summed E-state index contributed by atoms with van der Waals surface area (Å²) in [6, 6.07) is 11.6. The lowest BCUT2D eigenvalue weighted by atomic mass is 9.99. The molecular weight excluding hydrogens is 440 g/mol. The minimum Gasteiger partial charge on any atom is -0.497 e. The first-order chi connectivity index (χ1) is 15.8. The van der Waals surface area contributed by atoms with Crippen molar-refractivity contribution in [3.8, 4) is 11.5 Å². The number of anilines is 1. The van der Waals surface area contributed by atoms with Crippen molar-refractivity contribution in [2.24, 2.45) is 5.92 Å². The second-order valence-corrected chi connectivity index (χ2v) is 10.3. The van der Waals surface area contributed by atoms with E-state index in [0.717, 1.165) is 31.2 Å². The Morgan fingerprint density at radius 2 is 1.94 bits per heavy atom. The Hall–Kier alpha value is -2.74. The first-order valence-electron chi connectivity index (χ1n) is 11.5. The number of rotatable bonds is 10. The van der Waals surface area contributed by atoms with Crippen LogP contribution in [0.15, 0.2) is 47.4 Å². The van der Waals surface area contributed by atoms with Gasteiger partial charge in [-0.05, 0) is 61.2 Å². The van der Waals surface area contributed by atoms with E-state index in [1.807, 2.05) is 13.0 Å². The third-order valence-electron chi connectivity index (χ3n) is 6.03. The number of fused-ring (bicyclic) bond motifs is 1. The van der Waals surface area contributed by atoms with Crippen LogP contribution in [0.4, 0.5) is 5.69 Å². The van der Waals surface area contributed by atoms with E-state index in [9.17, 15) is 13.2 Å². The molecule has 7 nitrogen and oxygen atoms in total. The van der Waals surface area contributed by atoms with E-state index in [-0.39, 0.29) is 17.3 Å². The smallest absolute Gasteiger partial charge is 0.264 e. The Kier molecular flexibility index (Phi) is 8.24. The molecule has 0 saturated heterocycles.